The Labute approximate surface area is 101 Å². The van der Waals surface area contributed by atoms with E-state index in [-0.39, 0.29) is 0 Å². The zero-order chi connectivity index (χ0) is 12.4. The van der Waals surface area contributed by atoms with Gasteiger partial charge >= 0.3 is 0 Å². The Balaban J connectivity index is 2.51. The Bertz CT molecular complexity index is 506. The van der Waals surface area contributed by atoms with Crippen molar-refractivity contribution in [2.75, 3.05) is 0 Å². The first-order valence-corrected chi connectivity index (χ1v) is 6.11. The molecule has 0 N–H and O–H groups in total. The van der Waals surface area contributed by atoms with Gasteiger partial charge in [-0.05, 0) is 29.1 Å². The van der Waals surface area contributed by atoms with Crippen LogP contribution >= 0.6 is 0 Å². The van der Waals surface area contributed by atoms with Gasteiger partial charge in [0.15, 0.2) is 11.0 Å². The van der Waals surface area contributed by atoms with E-state index < -0.39 is 0 Å². The molecule has 2 heterocycles. The molecular weight excluding hydrogens is 216 g/mol. The van der Waals surface area contributed by atoms with Crippen molar-refractivity contribution in [3.05, 3.63) is 11.4 Å². The van der Waals surface area contributed by atoms with E-state index >= 15 is 0 Å². The predicted molar refractivity (Wildman–Crippen MR) is 64.6 cm³/mol. The van der Waals surface area contributed by atoms with Crippen LogP contribution in [0.4, 0.5) is 0 Å². The number of fused-ring (bicyclic) bond motifs is 1. The highest BCUT2D eigenvalue weighted by atomic mass is 16.6. The first-order valence-electron chi connectivity index (χ1n) is 6.11. The molecule has 0 amide bonds. The van der Waals surface area contributed by atoms with Crippen LogP contribution in [0.2, 0.25) is 0 Å². The maximum atomic E-state index is 4.84. The third-order valence-corrected chi connectivity index (χ3v) is 2.96. The quantitative estimate of drug-likeness (QED) is 0.813. The van der Waals surface area contributed by atoms with Crippen LogP contribution in [0, 0.1) is 5.92 Å². The third-order valence-electron chi connectivity index (χ3n) is 2.96. The number of hydrogen-bond acceptors (Lipinski definition) is 5. The monoisotopic (exact) mass is 234 g/mol. The first kappa shape index (κ1) is 12.0. The van der Waals surface area contributed by atoms with Gasteiger partial charge < -0.3 is 0 Å². The van der Waals surface area contributed by atoms with Crippen LogP contribution < -0.4 is 0 Å². The van der Waals surface area contributed by atoms with Crippen LogP contribution in [0.3, 0.4) is 0 Å². The molecule has 5 heteroatoms. The number of aromatic nitrogens is 4. The highest BCUT2D eigenvalue weighted by Crippen LogP contribution is 2.24. The molecule has 5 nitrogen and oxygen atoms in total. The van der Waals surface area contributed by atoms with Crippen LogP contribution in [0.15, 0.2) is 4.63 Å². The van der Waals surface area contributed by atoms with Crippen molar-refractivity contribution in [1.29, 1.82) is 0 Å². The molecule has 2 aromatic rings. The van der Waals surface area contributed by atoms with Crippen molar-refractivity contribution in [3.63, 3.8) is 0 Å². The zero-order valence-electron chi connectivity index (χ0n) is 10.8. The second-order valence-electron chi connectivity index (χ2n) is 4.90. The lowest BCUT2D eigenvalue weighted by atomic mass is 10.0. The van der Waals surface area contributed by atoms with E-state index in [1.54, 1.807) is 0 Å². The third kappa shape index (κ3) is 2.28. The molecule has 0 aromatic carbocycles. The first-order chi connectivity index (χ1) is 8.13. The molecule has 2 aromatic heterocycles. The molecule has 0 saturated heterocycles. The topological polar surface area (TPSA) is 64.7 Å². The van der Waals surface area contributed by atoms with Gasteiger partial charge in [-0.25, -0.2) is 4.63 Å². The van der Waals surface area contributed by atoms with Gasteiger partial charge in [0.1, 0.15) is 0 Å². The number of hydrogen-bond donors (Lipinski definition) is 0. The van der Waals surface area contributed by atoms with E-state index in [2.05, 4.69) is 48.2 Å². The van der Waals surface area contributed by atoms with Crippen molar-refractivity contribution in [2.24, 2.45) is 5.92 Å². The Morgan fingerprint density at radius 3 is 2.41 bits per heavy atom. The molecule has 0 aliphatic rings. The molecule has 1 atom stereocenters. The van der Waals surface area contributed by atoms with Gasteiger partial charge in [-0.2, -0.15) is 10.2 Å². The SMILES string of the molecule is CCC(C)c1nnc(CC(C)C)c2nonc12. The normalized spacial score (nSPS) is 13.5. The number of nitrogens with zero attached hydrogens (tertiary/aromatic N) is 4. The largest absolute Gasteiger partial charge is 0.243 e. The lowest BCUT2D eigenvalue weighted by Gasteiger charge is -2.08. The van der Waals surface area contributed by atoms with E-state index in [9.17, 15) is 0 Å². The molecule has 0 saturated carbocycles. The van der Waals surface area contributed by atoms with Crippen LogP contribution in [0.5, 0.6) is 0 Å². The fourth-order valence-electron chi connectivity index (χ4n) is 1.80. The Morgan fingerprint density at radius 1 is 1.06 bits per heavy atom. The summed E-state index contributed by atoms with van der Waals surface area (Å²) >= 11 is 0. The molecule has 0 radical (unpaired) electrons. The molecule has 17 heavy (non-hydrogen) atoms. The summed E-state index contributed by atoms with van der Waals surface area (Å²) in [6.07, 6.45) is 1.85. The average Bonchev–Trinajstić information content (AvgIpc) is 2.77. The van der Waals surface area contributed by atoms with Crippen molar-refractivity contribution < 1.29 is 4.63 Å². The second-order valence-corrected chi connectivity index (χ2v) is 4.90. The minimum Gasteiger partial charge on any atom is -0.243 e. The molecule has 2 rings (SSSR count). The fourth-order valence-corrected chi connectivity index (χ4v) is 1.80. The van der Waals surface area contributed by atoms with Gasteiger partial charge in [0, 0.05) is 5.92 Å². The molecule has 1 unspecified atom stereocenters. The molecule has 92 valence electrons. The van der Waals surface area contributed by atoms with E-state index in [0.717, 1.165) is 35.3 Å². The molecule has 0 fully saturated rings. The summed E-state index contributed by atoms with van der Waals surface area (Å²) in [5.74, 6) is 0.837. The summed E-state index contributed by atoms with van der Waals surface area (Å²) in [5, 5.41) is 16.5. The minimum absolute atomic E-state index is 0.324. The summed E-state index contributed by atoms with van der Waals surface area (Å²) in [5.41, 5.74) is 3.30. The Kier molecular flexibility index (Phi) is 3.36. The molecule has 0 aliphatic carbocycles. The van der Waals surface area contributed by atoms with Crippen LogP contribution in [0.1, 0.15) is 51.4 Å². The molecule has 0 aliphatic heterocycles. The smallest absolute Gasteiger partial charge is 0.160 e. The Hall–Kier alpha value is -1.52. The van der Waals surface area contributed by atoms with E-state index in [4.69, 9.17) is 4.63 Å². The molecule has 0 spiro atoms. The summed E-state index contributed by atoms with van der Waals surface area (Å²) in [7, 11) is 0. The lowest BCUT2D eigenvalue weighted by Crippen LogP contribution is -2.05. The molecule has 0 bridgehead atoms. The van der Waals surface area contributed by atoms with E-state index in [1.807, 2.05) is 0 Å². The highest BCUT2D eigenvalue weighted by molar-refractivity contribution is 5.77. The van der Waals surface area contributed by atoms with Crippen molar-refractivity contribution in [3.8, 4) is 0 Å². The van der Waals surface area contributed by atoms with Gasteiger partial charge in [0.2, 0.25) is 0 Å². The maximum Gasteiger partial charge on any atom is 0.160 e. The average molecular weight is 234 g/mol. The van der Waals surface area contributed by atoms with E-state index in [1.165, 1.54) is 0 Å². The minimum atomic E-state index is 0.324. The number of rotatable bonds is 4. The van der Waals surface area contributed by atoms with Crippen LogP contribution in [-0.2, 0) is 6.42 Å². The van der Waals surface area contributed by atoms with Gasteiger partial charge in [-0.1, -0.05) is 27.7 Å². The Morgan fingerprint density at radius 2 is 1.76 bits per heavy atom. The van der Waals surface area contributed by atoms with E-state index in [0.29, 0.717) is 11.8 Å². The maximum absolute atomic E-state index is 4.84. The second kappa shape index (κ2) is 4.77. The zero-order valence-corrected chi connectivity index (χ0v) is 10.8. The van der Waals surface area contributed by atoms with Crippen LogP contribution in [-0.4, -0.2) is 20.5 Å². The van der Waals surface area contributed by atoms with Gasteiger partial charge in [-0.3, -0.25) is 0 Å². The molecular formula is C12H18N4O. The lowest BCUT2D eigenvalue weighted by molar-refractivity contribution is 0.315. The van der Waals surface area contributed by atoms with Crippen molar-refractivity contribution >= 4 is 11.0 Å². The summed E-state index contributed by atoms with van der Waals surface area (Å²) in [4.78, 5) is 0. The summed E-state index contributed by atoms with van der Waals surface area (Å²) < 4.78 is 4.84. The standard InChI is InChI=1S/C12H18N4O/c1-5-8(4)10-12-11(15-17-16-12)9(13-14-10)6-7(2)3/h7-8H,5-6H2,1-4H3. The summed E-state index contributed by atoms with van der Waals surface area (Å²) in [6, 6.07) is 0. The highest BCUT2D eigenvalue weighted by Gasteiger charge is 2.18. The van der Waals surface area contributed by atoms with Gasteiger partial charge in [-0.15, -0.1) is 0 Å². The van der Waals surface area contributed by atoms with Crippen LogP contribution in [0.25, 0.3) is 11.0 Å². The van der Waals surface area contributed by atoms with Crippen molar-refractivity contribution in [2.45, 2.75) is 46.5 Å². The van der Waals surface area contributed by atoms with Crippen molar-refractivity contribution in [1.82, 2.24) is 20.5 Å². The van der Waals surface area contributed by atoms with Gasteiger partial charge in [0.05, 0.1) is 11.4 Å². The fraction of sp³-hybridized carbons (Fsp3) is 0.667. The van der Waals surface area contributed by atoms with Gasteiger partial charge in [0.25, 0.3) is 0 Å². The predicted octanol–water partition coefficient (Wildman–Crippen LogP) is 2.72. The summed E-state index contributed by atoms with van der Waals surface area (Å²) in [6.45, 7) is 8.52.